The number of rotatable bonds is 4. The molecule has 6 aromatic rings. The zero-order valence-electron chi connectivity index (χ0n) is 22.2. The fraction of sp³-hybridized carbons (Fsp3) is 0.0556. The van der Waals surface area contributed by atoms with Crippen LogP contribution in [0.25, 0.3) is 21.5 Å². The first-order chi connectivity index (χ1) is 20.3. The van der Waals surface area contributed by atoms with Gasteiger partial charge in [0.25, 0.3) is 0 Å². The van der Waals surface area contributed by atoms with Gasteiger partial charge in [-0.25, -0.2) is 9.98 Å². The van der Waals surface area contributed by atoms with Crippen molar-refractivity contribution in [3.05, 3.63) is 156 Å². The van der Waals surface area contributed by atoms with Crippen molar-refractivity contribution in [1.29, 1.82) is 0 Å². The third kappa shape index (κ3) is 4.19. The maximum Gasteiger partial charge on any atom is 0.196 e. The van der Waals surface area contributed by atoms with Gasteiger partial charge in [-0.1, -0.05) is 121 Å². The SMILES string of the molecule is c1ccc(C2=NC(c3ccc4c(ccc5ccc6c(c54)OC(c4ccccc4)N6)c3)=NC(c3ccccc3)N2)cc1. The second kappa shape index (κ2) is 9.65. The molecule has 0 amide bonds. The molecule has 2 heterocycles. The normalized spacial score (nSPS) is 17.7. The molecule has 0 spiro atoms. The van der Waals surface area contributed by atoms with Crippen molar-refractivity contribution >= 4 is 38.9 Å². The van der Waals surface area contributed by atoms with Crippen molar-refractivity contribution in [2.24, 2.45) is 9.98 Å². The van der Waals surface area contributed by atoms with E-state index in [-0.39, 0.29) is 12.4 Å². The van der Waals surface area contributed by atoms with Gasteiger partial charge in [-0.2, -0.15) is 0 Å². The Balaban J connectivity index is 1.23. The molecule has 41 heavy (non-hydrogen) atoms. The van der Waals surface area contributed by atoms with Gasteiger partial charge in [0.2, 0.25) is 0 Å². The van der Waals surface area contributed by atoms with Crippen molar-refractivity contribution in [3.63, 3.8) is 0 Å². The van der Waals surface area contributed by atoms with E-state index in [9.17, 15) is 0 Å². The predicted octanol–water partition coefficient (Wildman–Crippen LogP) is 7.99. The minimum absolute atomic E-state index is 0.212. The Morgan fingerprint density at radius 3 is 2.05 bits per heavy atom. The molecule has 2 N–H and O–H groups in total. The van der Waals surface area contributed by atoms with Crippen LogP contribution in [0.4, 0.5) is 5.69 Å². The molecule has 196 valence electrons. The summed E-state index contributed by atoms with van der Waals surface area (Å²) in [6.07, 6.45) is -0.444. The van der Waals surface area contributed by atoms with Gasteiger partial charge < -0.3 is 15.4 Å². The molecule has 0 aliphatic carbocycles. The average Bonchev–Trinajstić information content (AvgIpc) is 3.50. The Hall–Kier alpha value is -5.42. The summed E-state index contributed by atoms with van der Waals surface area (Å²) in [6.45, 7) is 0. The molecule has 0 radical (unpaired) electrons. The summed E-state index contributed by atoms with van der Waals surface area (Å²) in [7, 11) is 0. The van der Waals surface area contributed by atoms with E-state index >= 15 is 0 Å². The number of anilines is 1. The van der Waals surface area contributed by atoms with Crippen LogP contribution in [0, 0.1) is 0 Å². The van der Waals surface area contributed by atoms with Gasteiger partial charge in [0.15, 0.2) is 17.8 Å². The Morgan fingerprint density at radius 2 is 1.27 bits per heavy atom. The van der Waals surface area contributed by atoms with Crippen LogP contribution >= 0.6 is 0 Å². The summed E-state index contributed by atoms with van der Waals surface area (Å²) in [6, 6.07) is 45.8. The van der Waals surface area contributed by atoms with Gasteiger partial charge in [0, 0.05) is 22.1 Å². The van der Waals surface area contributed by atoms with Crippen molar-refractivity contribution in [2.75, 3.05) is 5.32 Å². The summed E-state index contributed by atoms with van der Waals surface area (Å²) in [5.41, 5.74) is 5.20. The first-order valence-corrected chi connectivity index (χ1v) is 13.8. The highest BCUT2D eigenvalue weighted by Crippen LogP contribution is 2.45. The van der Waals surface area contributed by atoms with Crippen molar-refractivity contribution in [2.45, 2.75) is 12.4 Å². The minimum atomic E-state index is -0.233. The number of amidine groups is 2. The maximum atomic E-state index is 6.52. The fourth-order valence-corrected chi connectivity index (χ4v) is 5.69. The van der Waals surface area contributed by atoms with E-state index in [4.69, 9.17) is 14.7 Å². The highest BCUT2D eigenvalue weighted by Gasteiger charge is 2.26. The number of aliphatic imine (C=N–C) groups is 2. The number of hydrogen-bond donors (Lipinski definition) is 2. The Labute approximate surface area is 237 Å². The van der Waals surface area contributed by atoms with Gasteiger partial charge in [0.05, 0.1) is 5.69 Å². The molecule has 2 atom stereocenters. The average molecular weight is 531 g/mol. The quantitative estimate of drug-likeness (QED) is 0.227. The largest absolute Gasteiger partial charge is 0.464 e. The lowest BCUT2D eigenvalue weighted by Gasteiger charge is -2.23. The first-order valence-electron chi connectivity index (χ1n) is 13.8. The van der Waals surface area contributed by atoms with Crippen LogP contribution in [0.3, 0.4) is 0 Å². The molecule has 5 heteroatoms. The highest BCUT2D eigenvalue weighted by atomic mass is 16.5. The van der Waals surface area contributed by atoms with Crippen LogP contribution in [0.2, 0.25) is 0 Å². The van der Waals surface area contributed by atoms with Crippen LogP contribution in [-0.4, -0.2) is 11.7 Å². The molecule has 8 rings (SSSR count). The summed E-state index contributed by atoms with van der Waals surface area (Å²) in [5, 5.41) is 11.6. The van der Waals surface area contributed by atoms with E-state index in [1.807, 2.05) is 54.6 Å². The maximum absolute atomic E-state index is 6.52. The van der Waals surface area contributed by atoms with E-state index in [2.05, 4.69) is 89.5 Å². The van der Waals surface area contributed by atoms with Crippen molar-refractivity contribution < 1.29 is 4.74 Å². The summed E-state index contributed by atoms with van der Waals surface area (Å²) in [4.78, 5) is 10.0. The van der Waals surface area contributed by atoms with Crippen molar-refractivity contribution in [1.82, 2.24) is 5.32 Å². The monoisotopic (exact) mass is 530 g/mol. The first kappa shape index (κ1) is 23.5. The third-order valence-corrected chi connectivity index (χ3v) is 7.74. The van der Waals surface area contributed by atoms with Crippen molar-refractivity contribution in [3.8, 4) is 5.75 Å². The second-order valence-electron chi connectivity index (χ2n) is 10.3. The molecule has 0 aromatic heterocycles. The minimum Gasteiger partial charge on any atom is -0.464 e. The molecule has 5 nitrogen and oxygen atoms in total. The Kier molecular flexibility index (Phi) is 5.52. The standard InChI is InChI=1S/C36H26N4O/c1-4-10-24(11-5-1)33-38-34(25-12-6-2-7-13-25)40-35(39-33)28-18-20-29-27(22-28)17-16-23-19-21-30-32(31(23)29)41-36(37-30)26-14-8-3-9-15-26/h1-22,33,36-37H,(H,38,39,40). The van der Waals surface area contributed by atoms with E-state index in [1.54, 1.807) is 0 Å². The zero-order valence-corrected chi connectivity index (χ0v) is 22.2. The van der Waals surface area contributed by atoms with Gasteiger partial charge >= 0.3 is 0 Å². The van der Waals surface area contributed by atoms with E-state index < -0.39 is 0 Å². The van der Waals surface area contributed by atoms with Gasteiger partial charge in [-0.3, -0.25) is 0 Å². The number of nitrogens with one attached hydrogen (secondary N) is 2. The molecule has 0 saturated carbocycles. The Bertz CT molecular complexity index is 1970. The van der Waals surface area contributed by atoms with Crippen LogP contribution in [0.5, 0.6) is 5.75 Å². The van der Waals surface area contributed by atoms with Crippen LogP contribution in [-0.2, 0) is 0 Å². The van der Waals surface area contributed by atoms with Crippen LogP contribution in [0.1, 0.15) is 34.6 Å². The predicted molar refractivity (Wildman–Crippen MR) is 167 cm³/mol. The molecule has 6 aromatic carbocycles. The van der Waals surface area contributed by atoms with E-state index in [1.165, 1.54) is 0 Å². The molecule has 0 bridgehead atoms. The molecular weight excluding hydrogens is 504 g/mol. The number of hydrogen-bond acceptors (Lipinski definition) is 5. The number of ether oxygens (including phenoxy) is 1. The van der Waals surface area contributed by atoms with Gasteiger partial charge in [0.1, 0.15) is 12.0 Å². The number of benzene rings is 6. The zero-order chi connectivity index (χ0) is 27.2. The van der Waals surface area contributed by atoms with Crippen LogP contribution in [0.15, 0.2) is 143 Å². The second-order valence-corrected chi connectivity index (χ2v) is 10.3. The lowest BCUT2D eigenvalue weighted by atomic mass is 9.98. The smallest absolute Gasteiger partial charge is 0.196 e. The lowest BCUT2D eigenvalue weighted by Crippen LogP contribution is -2.33. The number of fused-ring (bicyclic) bond motifs is 5. The summed E-state index contributed by atoms with van der Waals surface area (Å²) >= 11 is 0. The van der Waals surface area contributed by atoms with E-state index in [0.717, 1.165) is 61.1 Å². The third-order valence-electron chi connectivity index (χ3n) is 7.74. The molecule has 2 aliphatic rings. The Morgan fingerprint density at radius 1 is 0.585 bits per heavy atom. The van der Waals surface area contributed by atoms with Crippen LogP contribution < -0.4 is 15.4 Å². The number of nitrogens with zero attached hydrogens (tertiary/aromatic N) is 2. The summed E-state index contributed by atoms with van der Waals surface area (Å²) in [5.74, 6) is 2.41. The highest BCUT2D eigenvalue weighted by molar-refractivity contribution is 6.17. The molecule has 0 fully saturated rings. The van der Waals surface area contributed by atoms with Gasteiger partial charge in [-0.15, -0.1) is 0 Å². The fourth-order valence-electron chi connectivity index (χ4n) is 5.69. The topological polar surface area (TPSA) is 58.0 Å². The molecular formula is C36H26N4O. The molecule has 0 saturated heterocycles. The molecule has 2 aliphatic heterocycles. The lowest BCUT2D eigenvalue weighted by molar-refractivity contribution is 0.263. The van der Waals surface area contributed by atoms with E-state index in [0.29, 0.717) is 5.84 Å². The summed E-state index contributed by atoms with van der Waals surface area (Å²) < 4.78 is 6.52. The molecule has 2 unspecified atom stereocenters. The van der Waals surface area contributed by atoms with Gasteiger partial charge in [-0.05, 0) is 33.9 Å².